The molecule has 2 aromatic rings. The minimum absolute atomic E-state index is 0.0532. The van der Waals surface area contributed by atoms with E-state index in [4.69, 9.17) is 14.2 Å². The molecule has 138 valence electrons. The Morgan fingerprint density at radius 3 is 2.63 bits per heavy atom. The zero-order valence-corrected chi connectivity index (χ0v) is 14.6. The molecule has 0 saturated carbocycles. The normalized spacial score (nSPS) is 12.1. The molecule has 0 saturated heterocycles. The number of hydrogen-bond acceptors (Lipinski definition) is 6. The number of imide groups is 1. The van der Waals surface area contributed by atoms with Crippen LogP contribution in [0.1, 0.15) is 15.9 Å². The summed E-state index contributed by atoms with van der Waals surface area (Å²) < 4.78 is 15.5. The zero-order valence-electron chi connectivity index (χ0n) is 14.6. The van der Waals surface area contributed by atoms with Crippen molar-refractivity contribution in [1.29, 1.82) is 0 Å². The van der Waals surface area contributed by atoms with E-state index in [0.29, 0.717) is 11.5 Å². The first-order valence-electron chi connectivity index (χ1n) is 8.15. The average molecular weight is 367 g/mol. The lowest BCUT2D eigenvalue weighted by atomic mass is 10.1. The van der Waals surface area contributed by atoms with Crippen molar-refractivity contribution in [2.24, 2.45) is 0 Å². The number of benzene rings is 2. The van der Waals surface area contributed by atoms with Crippen molar-refractivity contribution in [2.75, 3.05) is 20.3 Å². The van der Waals surface area contributed by atoms with Crippen LogP contribution in [0.3, 0.4) is 0 Å². The van der Waals surface area contributed by atoms with Crippen LogP contribution >= 0.6 is 0 Å². The second-order valence-corrected chi connectivity index (χ2v) is 5.65. The second-order valence-electron chi connectivity index (χ2n) is 5.65. The van der Waals surface area contributed by atoms with E-state index in [1.807, 2.05) is 12.1 Å². The number of methoxy groups -OCH3 is 1. The van der Waals surface area contributed by atoms with Crippen LogP contribution in [0.5, 0.6) is 11.5 Å². The second kappa shape index (κ2) is 8.18. The molecule has 0 bridgehead atoms. The Morgan fingerprint density at radius 2 is 1.81 bits per heavy atom. The lowest BCUT2D eigenvalue weighted by molar-refractivity contribution is -0.144. The molecule has 1 heterocycles. The van der Waals surface area contributed by atoms with Gasteiger partial charge in [0.05, 0.1) is 18.2 Å². The Kier molecular flexibility index (Phi) is 5.51. The molecule has 2 aromatic carbocycles. The van der Waals surface area contributed by atoms with Crippen molar-refractivity contribution in [3.8, 4) is 11.5 Å². The molecule has 0 aromatic heterocycles. The molecule has 7 nitrogen and oxygen atoms in total. The number of esters is 1. The largest absolute Gasteiger partial charge is 0.496 e. The Balaban J connectivity index is 1.56. The molecule has 0 atom stereocenters. The van der Waals surface area contributed by atoms with Gasteiger partial charge in [-0.15, -0.1) is 0 Å². The summed E-state index contributed by atoms with van der Waals surface area (Å²) in [5, 5.41) is 2.16. The van der Waals surface area contributed by atoms with Crippen molar-refractivity contribution in [1.82, 2.24) is 5.32 Å². The first kappa shape index (κ1) is 18.2. The topological polar surface area (TPSA) is 90.9 Å². The summed E-state index contributed by atoms with van der Waals surface area (Å²) in [6.45, 7) is -0.531. The van der Waals surface area contributed by atoms with Crippen LogP contribution in [0.25, 0.3) is 6.08 Å². The fraction of sp³-hybridized carbons (Fsp3) is 0.150. The smallest absolute Gasteiger partial charge is 0.338 e. The lowest BCUT2D eigenvalue weighted by Gasteiger charge is -2.16. The minimum atomic E-state index is -0.739. The van der Waals surface area contributed by atoms with Crippen LogP contribution in [-0.2, 0) is 14.3 Å². The van der Waals surface area contributed by atoms with E-state index in [0.717, 1.165) is 5.56 Å². The van der Waals surface area contributed by atoms with Gasteiger partial charge in [0, 0.05) is 5.56 Å². The molecular weight excluding hydrogens is 350 g/mol. The molecule has 0 aliphatic carbocycles. The summed E-state index contributed by atoms with van der Waals surface area (Å²) in [7, 11) is 1.42. The number of rotatable bonds is 5. The van der Waals surface area contributed by atoms with Gasteiger partial charge < -0.3 is 14.2 Å². The van der Waals surface area contributed by atoms with Gasteiger partial charge in [0.2, 0.25) is 0 Å². The van der Waals surface area contributed by atoms with E-state index >= 15 is 0 Å². The van der Waals surface area contributed by atoms with Crippen molar-refractivity contribution >= 4 is 23.9 Å². The first-order valence-corrected chi connectivity index (χ1v) is 8.15. The van der Waals surface area contributed by atoms with E-state index in [1.54, 1.807) is 36.4 Å². The summed E-state index contributed by atoms with van der Waals surface area (Å²) in [4.78, 5) is 36.2. The lowest BCUT2D eigenvalue weighted by Crippen LogP contribution is -2.34. The average Bonchev–Trinajstić information content (AvgIpc) is 2.71. The highest BCUT2D eigenvalue weighted by atomic mass is 16.5. The van der Waals surface area contributed by atoms with Gasteiger partial charge in [0.15, 0.2) is 6.61 Å². The minimum Gasteiger partial charge on any atom is -0.496 e. The van der Waals surface area contributed by atoms with Crippen LogP contribution in [0, 0.1) is 0 Å². The summed E-state index contributed by atoms with van der Waals surface area (Å²) >= 11 is 0. The maximum Gasteiger partial charge on any atom is 0.338 e. The Labute approximate surface area is 155 Å². The fourth-order valence-corrected chi connectivity index (χ4v) is 2.52. The number of nitrogens with one attached hydrogen (secondary N) is 1. The standard InChI is InChI=1S/C20H17NO6/c1-25-17-9-5-3-7-15(17)19(23)21-18(22)12-27-20(24)14-10-13-6-2-4-8-16(13)26-11-14/h2-10H,11-12H2,1H3,(H,21,22,23). The maximum atomic E-state index is 12.1. The number of ether oxygens (including phenoxy) is 3. The third-order valence-electron chi connectivity index (χ3n) is 3.83. The number of amides is 2. The Hall–Kier alpha value is -3.61. The summed E-state index contributed by atoms with van der Waals surface area (Å²) in [5.74, 6) is -1.04. The van der Waals surface area contributed by atoms with Gasteiger partial charge in [-0.25, -0.2) is 4.79 Å². The molecular formula is C20H17NO6. The monoisotopic (exact) mass is 367 g/mol. The molecule has 2 amide bonds. The first-order chi connectivity index (χ1) is 13.1. The van der Waals surface area contributed by atoms with Gasteiger partial charge in [-0.3, -0.25) is 14.9 Å². The van der Waals surface area contributed by atoms with Gasteiger partial charge in [0.25, 0.3) is 11.8 Å². The highest BCUT2D eigenvalue weighted by Gasteiger charge is 2.20. The van der Waals surface area contributed by atoms with Crippen LogP contribution in [-0.4, -0.2) is 38.1 Å². The Morgan fingerprint density at radius 1 is 1.07 bits per heavy atom. The molecule has 1 aliphatic rings. The van der Waals surface area contributed by atoms with Gasteiger partial charge in [0.1, 0.15) is 18.1 Å². The van der Waals surface area contributed by atoms with Crippen molar-refractivity contribution in [3.63, 3.8) is 0 Å². The Bertz CT molecular complexity index is 918. The zero-order chi connectivity index (χ0) is 19.2. The number of para-hydroxylation sites is 2. The van der Waals surface area contributed by atoms with E-state index < -0.39 is 24.4 Å². The third kappa shape index (κ3) is 4.33. The summed E-state index contributed by atoms with van der Waals surface area (Å²) in [6, 6.07) is 13.7. The van der Waals surface area contributed by atoms with Crippen molar-refractivity contribution in [2.45, 2.75) is 0 Å². The molecule has 3 rings (SSSR count). The van der Waals surface area contributed by atoms with E-state index in [1.165, 1.54) is 13.2 Å². The molecule has 0 unspecified atom stereocenters. The van der Waals surface area contributed by atoms with Gasteiger partial charge in [-0.2, -0.15) is 0 Å². The number of carbonyl (C=O) groups excluding carboxylic acids is 3. The third-order valence-corrected chi connectivity index (χ3v) is 3.83. The van der Waals surface area contributed by atoms with Crippen LogP contribution < -0.4 is 14.8 Å². The van der Waals surface area contributed by atoms with Crippen LogP contribution in [0.15, 0.2) is 54.1 Å². The SMILES string of the molecule is COc1ccccc1C(=O)NC(=O)COC(=O)C1=Cc2ccccc2OC1. The molecule has 27 heavy (non-hydrogen) atoms. The van der Waals surface area contributed by atoms with E-state index in [-0.39, 0.29) is 17.7 Å². The predicted octanol–water partition coefficient (Wildman–Crippen LogP) is 1.97. The molecule has 7 heteroatoms. The van der Waals surface area contributed by atoms with E-state index in [2.05, 4.69) is 5.32 Å². The fourth-order valence-electron chi connectivity index (χ4n) is 2.52. The van der Waals surface area contributed by atoms with E-state index in [9.17, 15) is 14.4 Å². The highest BCUT2D eigenvalue weighted by Crippen LogP contribution is 2.26. The summed E-state index contributed by atoms with van der Waals surface area (Å²) in [5.41, 5.74) is 1.25. The van der Waals surface area contributed by atoms with Gasteiger partial charge in [-0.1, -0.05) is 30.3 Å². The number of hydrogen-bond donors (Lipinski definition) is 1. The number of carbonyl (C=O) groups is 3. The maximum absolute atomic E-state index is 12.1. The molecule has 0 spiro atoms. The quantitative estimate of drug-likeness (QED) is 0.813. The molecule has 0 radical (unpaired) electrons. The van der Waals surface area contributed by atoms with Crippen LogP contribution in [0.4, 0.5) is 0 Å². The van der Waals surface area contributed by atoms with Crippen molar-refractivity contribution in [3.05, 3.63) is 65.2 Å². The molecule has 1 aliphatic heterocycles. The number of fused-ring (bicyclic) bond motifs is 1. The molecule has 0 fully saturated rings. The predicted molar refractivity (Wildman–Crippen MR) is 96.3 cm³/mol. The van der Waals surface area contributed by atoms with Crippen LogP contribution in [0.2, 0.25) is 0 Å². The van der Waals surface area contributed by atoms with Crippen molar-refractivity contribution < 1.29 is 28.6 Å². The van der Waals surface area contributed by atoms with Gasteiger partial charge >= 0.3 is 5.97 Å². The highest BCUT2D eigenvalue weighted by molar-refractivity contribution is 6.07. The summed E-state index contributed by atoms with van der Waals surface area (Å²) in [6.07, 6.45) is 1.65. The molecule has 1 N–H and O–H groups in total. The van der Waals surface area contributed by atoms with Gasteiger partial charge in [-0.05, 0) is 24.3 Å².